The van der Waals surface area contributed by atoms with Gasteiger partial charge in [-0.05, 0) is 18.2 Å². The Morgan fingerprint density at radius 2 is 1.80 bits per heavy atom. The van der Waals surface area contributed by atoms with Crippen molar-refractivity contribution in [1.82, 2.24) is 4.31 Å². The van der Waals surface area contributed by atoms with Crippen molar-refractivity contribution in [1.29, 1.82) is 0 Å². The average molecular weight is 305 g/mol. The first-order valence-corrected chi connectivity index (χ1v) is 7.06. The number of aromatic carboxylic acids is 1. The molecule has 1 saturated heterocycles. The van der Waals surface area contributed by atoms with Crippen molar-refractivity contribution in [3.63, 3.8) is 0 Å². The molecule has 1 heterocycles. The summed E-state index contributed by atoms with van der Waals surface area (Å²) in [5.74, 6) is -2.48. The van der Waals surface area contributed by atoms with E-state index in [4.69, 9.17) is 5.11 Å². The third kappa shape index (κ3) is 2.52. The standard InChI is InChI=1S/C11H12FNO6S/c12-7-2-1-6(11(16)17)3-10(7)20(18,19)13-4-8(14)9(15)5-13/h1-3,8-9,14-15H,4-5H2,(H,16,17)/t8-,9+. The lowest BCUT2D eigenvalue weighted by Gasteiger charge is -2.16. The van der Waals surface area contributed by atoms with Crippen LogP contribution >= 0.6 is 0 Å². The van der Waals surface area contributed by atoms with Crippen molar-refractivity contribution in [3.8, 4) is 0 Å². The summed E-state index contributed by atoms with van der Waals surface area (Å²) in [6.07, 6.45) is -2.51. The van der Waals surface area contributed by atoms with E-state index in [9.17, 15) is 27.8 Å². The molecule has 3 N–H and O–H groups in total. The summed E-state index contributed by atoms with van der Waals surface area (Å²) in [7, 11) is -4.32. The Kier molecular flexibility index (Phi) is 3.78. The smallest absolute Gasteiger partial charge is 0.335 e. The van der Waals surface area contributed by atoms with E-state index in [1.807, 2.05) is 0 Å². The molecule has 0 aromatic heterocycles. The van der Waals surface area contributed by atoms with Gasteiger partial charge in [0.1, 0.15) is 10.7 Å². The first-order chi connectivity index (χ1) is 9.23. The van der Waals surface area contributed by atoms with Crippen molar-refractivity contribution in [3.05, 3.63) is 29.6 Å². The topological polar surface area (TPSA) is 115 Å². The molecule has 1 aliphatic rings. The maximum absolute atomic E-state index is 13.7. The molecule has 0 saturated carbocycles. The first-order valence-electron chi connectivity index (χ1n) is 5.62. The van der Waals surface area contributed by atoms with Crippen LogP contribution in [0.25, 0.3) is 0 Å². The number of hydrogen-bond acceptors (Lipinski definition) is 5. The molecule has 0 spiro atoms. The Labute approximate surface area is 113 Å². The summed E-state index contributed by atoms with van der Waals surface area (Å²) in [6.45, 7) is -0.750. The van der Waals surface area contributed by atoms with Crippen molar-refractivity contribution in [2.75, 3.05) is 13.1 Å². The minimum atomic E-state index is -4.32. The normalized spacial score (nSPS) is 23.9. The Bertz CT molecular complexity index is 636. The summed E-state index contributed by atoms with van der Waals surface area (Å²) >= 11 is 0. The number of β-amino-alcohol motifs (C(OH)–C–C–N with tert-alkyl or cyclic N) is 2. The molecule has 2 atom stereocenters. The second-order valence-electron chi connectivity index (χ2n) is 4.41. The van der Waals surface area contributed by atoms with Crippen molar-refractivity contribution < 1.29 is 32.9 Å². The highest BCUT2D eigenvalue weighted by Gasteiger charge is 2.38. The van der Waals surface area contributed by atoms with Crippen LogP contribution in [-0.4, -0.2) is 59.3 Å². The van der Waals surface area contributed by atoms with Gasteiger partial charge in [0.05, 0.1) is 17.8 Å². The molecule has 2 rings (SSSR count). The summed E-state index contributed by atoms with van der Waals surface area (Å²) in [4.78, 5) is 10.0. The quantitative estimate of drug-likeness (QED) is 0.677. The fourth-order valence-electron chi connectivity index (χ4n) is 1.90. The van der Waals surface area contributed by atoms with E-state index < -0.39 is 38.9 Å². The SMILES string of the molecule is O=C(O)c1ccc(F)c(S(=O)(=O)N2C[C@@H](O)[C@@H](O)C2)c1. The molecule has 0 bridgehead atoms. The number of rotatable bonds is 3. The molecule has 1 fully saturated rings. The van der Waals surface area contributed by atoms with E-state index >= 15 is 0 Å². The third-order valence-electron chi connectivity index (χ3n) is 3.02. The molecule has 20 heavy (non-hydrogen) atoms. The minimum absolute atomic E-state index is 0.370. The van der Waals surface area contributed by atoms with Gasteiger partial charge in [-0.2, -0.15) is 4.31 Å². The number of hydrogen-bond donors (Lipinski definition) is 3. The van der Waals surface area contributed by atoms with Gasteiger partial charge in [-0.3, -0.25) is 0 Å². The zero-order valence-corrected chi connectivity index (χ0v) is 10.9. The van der Waals surface area contributed by atoms with Crippen molar-refractivity contribution in [2.24, 2.45) is 0 Å². The van der Waals surface area contributed by atoms with Crippen molar-refractivity contribution in [2.45, 2.75) is 17.1 Å². The van der Waals surface area contributed by atoms with Crippen molar-refractivity contribution >= 4 is 16.0 Å². The second-order valence-corrected chi connectivity index (χ2v) is 6.31. The highest BCUT2D eigenvalue weighted by molar-refractivity contribution is 7.89. The molecule has 0 radical (unpaired) electrons. The van der Waals surface area contributed by atoms with Gasteiger partial charge in [0, 0.05) is 13.1 Å². The number of halogens is 1. The highest BCUT2D eigenvalue weighted by Crippen LogP contribution is 2.24. The Balaban J connectivity index is 2.44. The monoisotopic (exact) mass is 305 g/mol. The van der Waals surface area contributed by atoms with Crippen LogP contribution in [0.5, 0.6) is 0 Å². The van der Waals surface area contributed by atoms with Crippen LogP contribution in [0.1, 0.15) is 10.4 Å². The molecule has 0 amide bonds. The minimum Gasteiger partial charge on any atom is -0.478 e. The fraction of sp³-hybridized carbons (Fsp3) is 0.364. The molecule has 1 aromatic rings. The molecule has 7 nitrogen and oxygen atoms in total. The number of sulfonamides is 1. The van der Waals surface area contributed by atoms with Crippen LogP contribution in [0.15, 0.2) is 23.1 Å². The van der Waals surface area contributed by atoms with E-state index in [1.54, 1.807) is 0 Å². The Morgan fingerprint density at radius 1 is 1.25 bits per heavy atom. The number of aliphatic hydroxyl groups is 2. The fourth-order valence-corrected chi connectivity index (χ4v) is 3.47. The lowest BCUT2D eigenvalue weighted by atomic mass is 10.2. The number of carboxylic acid groups (broad SMARTS) is 1. The molecule has 110 valence electrons. The van der Waals surface area contributed by atoms with Gasteiger partial charge in [0.2, 0.25) is 10.0 Å². The number of nitrogens with zero attached hydrogens (tertiary/aromatic N) is 1. The van der Waals surface area contributed by atoms with Gasteiger partial charge in [0.15, 0.2) is 0 Å². The maximum atomic E-state index is 13.7. The van der Waals surface area contributed by atoms with Gasteiger partial charge in [-0.25, -0.2) is 17.6 Å². The third-order valence-corrected chi connectivity index (χ3v) is 4.87. The molecule has 0 unspecified atom stereocenters. The molecular weight excluding hydrogens is 293 g/mol. The summed E-state index contributed by atoms with van der Waals surface area (Å²) in [6, 6.07) is 2.41. The van der Waals surface area contributed by atoms with Gasteiger partial charge in [-0.1, -0.05) is 0 Å². The number of carboxylic acids is 1. The molecule has 1 aromatic carbocycles. The van der Waals surface area contributed by atoms with E-state index in [0.29, 0.717) is 10.4 Å². The molecule has 0 aliphatic carbocycles. The number of benzene rings is 1. The van der Waals surface area contributed by atoms with Gasteiger partial charge in [0.25, 0.3) is 0 Å². The van der Waals surface area contributed by atoms with E-state index in [-0.39, 0.29) is 18.7 Å². The van der Waals surface area contributed by atoms with Crippen LogP contribution < -0.4 is 0 Å². The lowest BCUT2D eigenvalue weighted by Crippen LogP contribution is -2.30. The maximum Gasteiger partial charge on any atom is 0.335 e. The predicted molar refractivity (Wildman–Crippen MR) is 64.1 cm³/mol. The van der Waals surface area contributed by atoms with Crippen LogP contribution in [-0.2, 0) is 10.0 Å². The average Bonchev–Trinajstić information content (AvgIpc) is 2.70. The Morgan fingerprint density at radius 3 is 2.30 bits per heavy atom. The zero-order valence-electron chi connectivity index (χ0n) is 10.1. The van der Waals surface area contributed by atoms with Crippen LogP contribution in [0.2, 0.25) is 0 Å². The summed E-state index contributed by atoms with van der Waals surface area (Å²) in [5, 5.41) is 27.5. The van der Waals surface area contributed by atoms with E-state index in [2.05, 4.69) is 0 Å². The zero-order chi connectivity index (χ0) is 15.1. The largest absolute Gasteiger partial charge is 0.478 e. The first kappa shape index (κ1) is 14.9. The summed E-state index contributed by atoms with van der Waals surface area (Å²) < 4.78 is 38.8. The van der Waals surface area contributed by atoms with Gasteiger partial charge < -0.3 is 15.3 Å². The van der Waals surface area contributed by atoms with E-state index in [0.717, 1.165) is 12.1 Å². The molecule has 9 heteroatoms. The Hall–Kier alpha value is -1.55. The lowest BCUT2D eigenvalue weighted by molar-refractivity contribution is 0.0572. The van der Waals surface area contributed by atoms with Crippen LogP contribution in [0, 0.1) is 5.82 Å². The van der Waals surface area contributed by atoms with Crippen LogP contribution in [0.3, 0.4) is 0 Å². The molecule has 1 aliphatic heterocycles. The highest BCUT2D eigenvalue weighted by atomic mass is 32.2. The van der Waals surface area contributed by atoms with Gasteiger partial charge in [-0.15, -0.1) is 0 Å². The van der Waals surface area contributed by atoms with Gasteiger partial charge >= 0.3 is 5.97 Å². The van der Waals surface area contributed by atoms with E-state index in [1.165, 1.54) is 0 Å². The number of aliphatic hydroxyl groups excluding tert-OH is 2. The number of carbonyl (C=O) groups is 1. The summed E-state index contributed by atoms with van der Waals surface area (Å²) in [5.41, 5.74) is -0.370. The second kappa shape index (κ2) is 5.09. The van der Waals surface area contributed by atoms with Crippen LogP contribution in [0.4, 0.5) is 4.39 Å². The predicted octanol–water partition coefficient (Wildman–Crippen LogP) is -0.750. The molecular formula is C11H12FNO6S.